The number of ether oxygens (including phenoxy) is 2. The minimum atomic E-state index is -4.37. The van der Waals surface area contributed by atoms with Crippen LogP contribution in [0, 0.1) is 5.82 Å². The van der Waals surface area contributed by atoms with Crippen LogP contribution in [0.5, 0.6) is 11.5 Å². The number of hydrogen-bond donors (Lipinski definition) is 1. The van der Waals surface area contributed by atoms with Crippen molar-refractivity contribution in [1.29, 1.82) is 0 Å². The largest absolute Gasteiger partial charge is 0.493 e. The lowest BCUT2D eigenvalue weighted by Crippen LogP contribution is -2.54. The Kier molecular flexibility index (Phi) is 11.2. The van der Waals surface area contributed by atoms with E-state index in [-0.39, 0.29) is 34.8 Å². The second kappa shape index (κ2) is 15.1. The summed E-state index contributed by atoms with van der Waals surface area (Å²) in [5.74, 6) is -0.873. The number of carbonyl (C=O) groups is 2. The molecule has 44 heavy (non-hydrogen) atoms. The third-order valence-corrected chi connectivity index (χ3v) is 9.64. The molecule has 1 N–H and O–H groups in total. The molecule has 236 valence electrons. The number of nitrogens with zero attached hydrogens (tertiary/aromatic N) is 2. The topological polar surface area (TPSA) is 105 Å². The maximum absolute atomic E-state index is 14.2. The summed E-state index contributed by atoms with van der Waals surface area (Å²) in [6.07, 6.45) is 5.31. The summed E-state index contributed by atoms with van der Waals surface area (Å²) in [6.45, 7) is 1.31. The number of anilines is 1. The summed E-state index contributed by atoms with van der Waals surface area (Å²) >= 11 is 0. The van der Waals surface area contributed by atoms with E-state index in [0.29, 0.717) is 12.2 Å². The van der Waals surface area contributed by atoms with Gasteiger partial charge in [-0.1, -0.05) is 56.5 Å². The summed E-state index contributed by atoms with van der Waals surface area (Å²) < 4.78 is 53.7. The number of sulfonamides is 1. The van der Waals surface area contributed by atoms with Gasteiger partial charge in [-0.05, 0) is 61.2 Å². The van der Waals surface area contributed by atoms with Crippen LogP contribution in [0.3, 0.4) is 0 Å². The van der Waals surface area contributed by atoms with Gasteiger partial charge in [-0.25, -0.2) is 12.8 Å². The molecule has 1 aliphatic carbocycles. The van der Waals surface area contributed by atoms with Gasteiger partial charge in [-0.2, -0.15) is 0 Å². The van der Waals surface area contributed by atoms with Crippen molar-refractivity contribution in [3.63, 3.8) is 0 Å². The van der Waals surface area contributed by atoms with E-state index in [2.05, 4.69) is 5.32 Å². The third kappa shape index (κ3) is 7.88. The second-order valence-electron chi connectivity index (χ2n) is 10.8. The van der Waals surface area contributed by atoms with E-state index >= 15 is 0 Å². The van der Waals surface area contributed by atoms with E-state index in [1.165, 1.54) is 49.5 Å². The highest BCUT2D eigenvalue weighted by atomic mass is 32.2. The molecule has 1 fully saturated rings. The summed E-state index contributed by atoms with van der Waals surface area (Å²) in [6, 6.07) is 17.4. The predicted octanol–water partition coefficient (Wildman–Crippen LogP) is 5.29. The quantitative estimate of drug-likeness (QED) is 0.277. The van der Waals surface area contributed by atoms with Gasteiger partial charge in [-0.15, -0.1) is 0 Å². The van der Waals surface area contributed by atoms with Gasteiger partial charge in [0, 0.05) is 18.7 Å². The molecule has 9 nitrogen and oxygen atoms in total. The Morgan fingerprint density at radius 2 is 1.59 bits per heavy atom. The Balaban J connectivity index is 1.72. The lowest BCUT2D eigenvalue weighted by Gasteiger charge is -2.34. The van der Waals surface area contributed by atoms with Crippen molar-refractivity contribution in [2.75, 3.05) is 25.1 Å². The predicted molar refractivity (Wildman–Crippen MR) is 167 cm³/mol. The molecule has 0 heterocycles. The molecule has 0 aromatic heterocycles. The smallest absolute Gasteiger partial charge is 0.264 e. The number of rotatable bonds is 13. The van der Waals surface area contributed by atoms with Gasteiger partial charge in [0.1, 0.15) is 18.4 Å². The van der Waals surface area contributed by atoms with E-state index < -0.39 is 34.3 Å². The van der Waals surface area contributed by atoms with Crippen LogP contribution in [0.15, 0.2) is 77.7 Å². The van der Waals surface area contributed by atoms with Crippen molar-refractivity contribution in [3.05, 3.63) is 84.2 Å². The third-order valence-electron chi connectivity index (χ3n) is 7.87. The molecule has 1 atom stereocenters. The number of halogens is 1. The molecule has 3 aromatic carbocycles. The van der Waals surface area contributed by atoms with E-state index in [4.69, 9.17) is 9.47 Å². The zero-order chi connectivity index (χ0) is 31.7. The van der Waals surface area contributed by atoms with Crippen molar-refractivity contribution >= 4 is 27.5 Å². The Hall–Kier alpha value is -4.12. The molecule has 0 unspecified atom stereocenters. The SMILES string of the molecule is CC[C@H](C(=O)NC1CCCCC1)N(Cc1ccccc1)C(=O)CN(c1ccc(F)cc1)S(=O)(=O)c1ccc(OC)c(OC)c1. The van der Waals surface area contributed by atoms with Gasteiger partial charge >= 0.3 is 0 Å². The summed E-state index contributed by atoms with van der Waals surface area (Å²) in [5, 5.41) is 3.13. The Morgan fingerprint density at radius 1 is 0.932 bits per heavy atom. The average molecular weight is 626 g/mol. The molecule has 1 saturated carbocycles. The van der Waals surface area contributed by atoms with Crippen molar-refractivity contribution in [3.8, 4) is 11.5 Å². The van der Waals surface area contributed by atoms with E-state index in [1.807, 2.05) is 37.3 Å². The zero-order valence-corrected chi connectivity index (χ0v) is 26.2. The lowest BCUT2D eigenvalue weighted by molar-refractivity contribution is -0.140. The van der Waals surface area contributed by atoms with Crippen LogP contribution < -0.4 is 19.1 Å². The first-order valence-electron chi connectivity index (χ1n) is 14.8. The molecule has 11 heteroatoms. The molecular formula is C33H40FN3O6S. The monoisotopic (exact) mass is 625 g/mol. The molecule has 4 rings (SSSR count). The molecular weight excluding hydrogens is 585 g/mol. The van der Waals surface area contributed by atoms with E-state index in [9.17, 15) is 22.4 Å². The number of methoxy groups -OCH3 is 2. The number of carbonyl (C=O) groups excluding carboxylic acids is 2. The van der Waals surface area contributed by atoms with Gasteiger partial charge < -0.3 is 19.7 Å². The molecule has 0 bridgehead atoms. The fourth-order valence-corrected chi connectivity index (χ4v) is 6.91. The Morgan fingerprint density at radius 3 is 2.20 bits per heavy atom. The number of hydrogen-bond acceptors (Lipinski definition) is 6. The van der Waals surface area contributed by atoms with Crippen LogP contribution in [-0.4, -0.2) is 58.0 Å². The van der Waals surface area contributed by atoms with Crippen LogP contribution in [-0.2, 0) is 26.2 Å². The summed E-state index contributed by atoms with van der Waals surface area (Å²) in [4.78, 5) is 29.1. The number of nitrogens with one attached hydrogen (secondary N) is 1. The zero-order valence-electron chi connectivity index (χ0n) is 25.4. The number of amides is 2. The lowest BCUT2D eigenvalue weighted by atomic mass is 9.95. The van der Waals surface area contributed by atoms with Crippen LogP contribution in [0.4, 0.5) is 10.1 Å². The van der Waals surface area contributed by atoms with Crippen molar-refractivity contribution < 1.29 is 31.9 Å². The van der Waals surface area contributed by atoms with Gasteiger partial charge in [-0.3, -0.25) is 13.9 Å². The first kappa shape index (κ1) is 32.8. The second-order valence-corrected chi connectivity index (χ2v) is 12.6. The molecule has 2 amide bonds. The average Bonchev–Trinajstić information content (AvgIpc) is 3.04. The maximum Gasteiger partial charge on any atom is 0.264 e. The van der Waals surface area contributed by atoms with Crippen LogP contribution >= 0.6 is 0 Å². The minimum absolute atomic E-state index is 0.0418. The first-order chi connectivity index (χ1) is 21.2. The van der Waals surface area contributed by atoms with Crippen LogP contribution in [0.25, 0.3) is 0 Å². The molecule has 0 radical (unpaired) electrons. The van der Waals surface area contributed by atoms with Crippen LogP contribution in [0.2, 0.25) is 0 Å². The highest BCUT2D eigenvalue weighted by Gasteiger charge is 2.34. The fraction of sp³-hybridized carbons (Fsp3) is 0.394. The van der Waals surface area contributed by atoms with E-state index in [1.54, 1.807) is 0 Å². The van der Waals surface area contributed by atoms with Crippen molar-refractivity contribution in [2.45, 2.75) is 69.0 Å². The summed E-state index contributed by atoms with van der Waals surface area (Å²) in [5.41, 5.74) is 0.884. The Bertz CT molecular complexity index is 1510. The maximum atomic E-state index is 14.2. The van der Waals surface area contributed by atoms with Gasteiger partial charge in [0.15, 0.2) is 11.5 Å². The van der Waals surface area contributed by atoms with Gasteiger partial charge in [0.2, 0.25) is 11.8 Å². The van der Waals surface area contributed by atoms with Crippen molar-refractivity contribution in [2.24, 2.45) is 0 Å². The van der Waals surface area contributed by atoms with E-state index in [0.717, 1.165) is 54.1 Å². The molecule has 0 spiro atoms. The van der Waals surface area contributed by atoms with Crippen LogP contribution in [0.1, 0.15) is 51.0 Å². The molecule has 0 saturated heterocycles. The van der Waals surface area contributed by atoms with Gasteiger partial charge in [0.25, 0.3) is 10.0 Å². The molecule has 1 aliphatic rings. The first-order valence-corrected chi connectivity index (χ1v) is 16.3. The minimum Gasteiger partial charge on any atom is -0.493 e. The van der Waals surface area contributed by atoms with Gasteiger partial charge in [0.05, 0.1) is 24.8 Å². The highest BCUT2D eigenvalue weighted by Crippen LogP contribution is 2.32. The van der Waals surface area contributed by atoms with Crippen molar-refractivity contribution in [1.82, 2.24) is 10.2 Å². The summed E-state index contributed by atoms with van der Waals surface area (Å²) in [7, 11) is -1.55. The Labute approximate surface area is 259 Å². The standard InChI is InChI=1S/C33H40FN3O6S/c1-4-29(33(39)35-26-13-9-6-10-14-26)36(22-24-11-7-5-8-12-24)32(38)23-37(27-17-15-25(34)16-18-27)44(40,41)28-19-20-30(42-2)31(21-28)43-3/h5,7-8,11-12,15-21,26,29H,4,6,9-10,13-14,22-23H2,1-3H3,(H,35,39)/t29-/m1/s1. The molecule has 3 aromatic rings. The highest BCUT2D eigenvalue weighted by molar-refractivity contribution is 7.92. The fourth-order valence-electron chi connectivity index (χ4n) is 5.48. The molecule has 0 aliphatic heterocycles. The normalized spacial score (nSPS) is 14.4. The number of benzene rings is 3.